The molecule has 74 heavy (non-hydrogen) atoms. The zero-order valence-corrected chi connectivity index (χ0v) is 42.6. The third-order valence-electron chi connectivity index (χ3n) is 15.9. The molecule has 6 atom stereocenters. The van der Waals surface area contributed by atoms with Gasteiger partial charge in [-0.15, -0.1) is 0 Å². The second-order valence-electron chi connectivity index (χ2n) is 21.2. The lowest BCUT2D eigenvalue weighted by molar-refractivity contribution is -0.136. The lowest BCUT2D eigenvalue weighted by atomic mass is 9.89. The minimum Gasteiger partial charge on any atom is -0.465 e. The third kappa shape index (κ3) is 9.82. The van der Waals surface area contributed by atoms with Crippen LogP contribution in [0.2, 0.25) is 0 Å². The monoisotopic (exact) mass is 1010 g/mol. The van der Waals surface area contributed by atoms with Crippen LogP contribution in [0.4, 0.5) is 29.7 Å². The van der Waals surface area contributed by atoms with E-state index in [1.807, 2.05) is 81.1 Å². The first kappa shape index (κ1) is 50.3. The van der Waals surface area contributed by atoms with Gasteiger partial charge < -0.3 is 50.0 Å². The number of piperidine rings is 1. The van der Waals surface area contributed by atoms with Crippen LogP contribution >= 0.6 is 0 Å². The number of halogens is 2. The van der Waals surface area contributed by atoms with Gasteiger partial charge in [0.15, 0.2) is 11.6 Å². The summed E-state index contributed by atoms with van der Waals surface area (Å²) in [5, 5.41) is 14.6. The summed E-state index contributed by atoms with van der Waals surface area (Å²) in [6, 6.07) is 22.3. The number of nitrogens with zero attached hydrogens (tertiary/aromatic N) is 6. The first-order chi connectivity index (χ1) is 35.7. The van der Waals surface area contributed by atoms with Gasteiger partial charge in [0, 0.05) is 31.9 Å². The Morgan fingerprint density at radius 1 is 0.635 bits per heavy atom. The minimum atomic E-state index is -1.25. The van der Waals surface area contributed by atoms with Gasteiger partial charge in [-0.3, -0.25) is 9.59 Å². The van der Waals surface area contributed by atoms with Crippen LogP contribution in [0, 0.1) is 23.5 Å². The van der Waals surface area contributed by atoms with Gasteiger partial charge in [-0.1, -0.05) is 70.2 Å². The number of carbonyl (C=O) groups is 4. The standard InChI is InChI=1S/C56H66F2N10O6/c1-31(2)48(63-55(71)72)53(69)66-23-9-13-46(66)51-59-40-17-15-35(27-42(40)61-51)44-19-20-45(68(44)37-29-38(57)50(39(58)30-37)65-25-21-34(22-26-65)33-11-7-6-8-12-33)36-16-18-41-43(28-36)62-52(60-41)47-14-10-24-67(47)54(70)49(32(3)4)64-56(73)74-5/h6-8,11-12,15-18,27-32,34,44-49,63H,9-10,13-14,19-26H2,1-5H3,(H,59,61)(H,60,62)(H,64,73)(H,71,72)/t44-,45+,46-,47-,48-,49-/m0/s1. The Morgan fingerprint density at radius 3 is 1.61 bits per heavy atom. The topological polar surface area (TPSA) is 192 Å². The van der Waals surface area contributed by atoms with E-state index in [0.29, 0.717) is 80.6 Å². The Balaban J connectivity index is 0.968. The normalized spacial score (nSPS) is 21.3. The first-order valence-corrected chi connectivity index (χ1v) is 26.2. The van der Waals surface area contributed by atoms with Crippen molar-refractivity contribution >= 4 is 57.4 Å². The molecule has 4 aliphatic rings. The number of amides is 4. The average molecular weight is 1010 g/mol. The number of rotatable bonds is 13. The van der Waals surface area contributed by atoms with E-state index < -0.39 is 35.9 Å². The highest BCUT2D eigenvalue weighted by Gasteiger charge is 2.41. The molecular formula is C56H66F2N10O6. The summed E-state index contributed by atoms with van der Waals surface area (Å²) in [5.41, 5.74) is 6.44. The van der Waals surface area contributed by atoms with E-state index in [1.54, 1.807) is 9.80 Å². The number of alkyl carbamates (subject to hydrolysis) is 1. The molecule has 4 fully saturated rings. The number of hydrogen-bond donors (Lipinski definition) is 5. The van der Waals surface area contributed by atoms with Crippen molar-refractivity contribution in [3.8, 4) is 0 Å². The van der Waals surface area contributed by atoms with Crippen molar-refractivity contribution < 1.29 is 37.8 Å². The van der Waals surface area contributed by atoms with Crippen LogP contribution in [0.1, 0.15) is 137 Å². The Kier molecular flexibility index (Phi) is 14.2. The highest BCUT2D eigenvalue weighted by Crippen LogP contribution is 2.49. The second kappa shape index (κ2) is 20.9. The molecule has 5 N–H and O–H groups in total. The number of aromatic nitrogens is 4. The third-order valence-corrected chi connectivity index (χ3v) is 15.9. The molecule has 0 radical (unpaired) electrons. The molecule has 4 aliphatic heterocycles. The number of hydrogen-bond acceptors (Lipinski definition) is 9. The van der Waals surface area contributed by atoms with E-state index in [1.165, 1.54) is 24.8 Å². The second-order valence-corrected chi connectivity index (χ2v) is 21.2. The maximum absolute atomic E-state index is 16.8. The number of fused-ring (bicyclic) bond motifs is 2. The van der Waals surface area contributed by atoms with E-state index >= 15 is 8.78 Å². The summed E-state index contributed by atoms with van der Waals surface area (Å²) in [7, 11) is 1.27. The highest BCUT2D eigenvalue weighted by atomic mass is 19.1. The smallest absolute Gasteiger partial charge is 0.407 e. The predicted octanol–water partition coefficient (Wildman–Crippen LogP) is 10.2. The summed E-state index contributed by atoms with van der Waals surface area (Å²) in [4.78, 5) is 76.1. The fourth-order valence-corrected chi connectivity index (χ4v) is 12.1. The fraction of sp³-hybridized carbons (Fsp3) is 0.464. The van der Waals surface area contributed by atoms with Crippen LogP contribution in [0.25, 0.3) is 22.1 Å². The number of imidazole rings is 2. The average Bonchev–Trinajstić information content (AvgIpc) is 4.26. The number of carbonyl (C=O) groups excluding carboxylic acids is 3. The molecule has 390 valence electrons. The number of aromatic amines is 2. The molecule has 4 aromatic carbocycles. The summed E-state index contributed by atoms with van der Waals surface area (Å²) < 4.78 is 38.4. The molecule has 0 unspecified atom stereocenters. The van der Waals surface area contributed by atoms with Gasteiger partial charge >= 0.3 is 12.2 Å². The molecule has 4 amide bonds. The lowest BCUT2D eigenvalue weighted by Gasteiger charge is -2.36. The Labute approximate surface area is 429 Å². The van der Waals surface area contributed by atoms with Gasteiger partial charge in [-0.05, 0) is 122 Å². The summed E-state index contributed by atoms with van der Waals surface area (Å²) in [6.07, 6.45) is 3.85. The van der Waals surface area contributed by atoms with Crippen LogP contribution in [0.5, 0.6) is 0 Å². The van der Waals surface area contributed by atoms with Crippen LogP contribution < -0.4 is 20.4 Å². The quantitative estimate of drug-likeness (QED) is 0.0744. The van der Waals surface area contributed by atoms with Crippen molar-refractivity contribution in [2.24, 2.45) is 11.8 Å². The fourth-order valence-electron chi connectivity index (χ4n) is 12.1. The van der Waals surface area contributed by atoms with Crippen LogP contribution in [0.15, 0.2) is 78.9 Å². The number of ether oxygens (including phenoxy) is 1. The molecule has 2 aromatic heterocycles. The summed E-state index contributed by atoms with van der Waals surface area (Å²) in [6.45, 7) is 9.44. The number of methoxy groups -OCH3 is 1. The summed E-state index contributed by atoms with van der Waals surface area (Å²) >= 11 is 0. The van der Waals surface area contributed by atoms with Crippen molar-refractivity contribution in [3.63, 3.8) is 0 Å². The Hall–Kier alpha value is -7.24. The first-order valence-electron chi connectivity index (χ1n) is 26.2. The van der Waals surface area contributed by atoms with Gasteiger partial charge in [0.25, 0.3) is 0 Å². The van der Waals surface area contributed by atoms with Crippen molar-refractivity contribution in [2.45, 2.75) is 121 Å². The SMILES string of the molecule is COC(=O)N[C@H](C(=O)N1CCC[C@H]1c1nc2ccc([C@H]3CC[C@@H](c4ccc5nc([C@@H]6CCCN6C(=O)[C@@H](NC(=O)O)C(C)C)[nH]c5c4)N3c3cc(F)c(N4CCC(c5ccccc5)CC4)c(F)c3)cc2[nH]1)C(C)C. The molecule has 6 aromatic rings. The minimum absolute atomic E-state index is 0.0106. The molecule has 0 spiro atoms. The lowest BCUT2D eigenvalue weighted by Crippen LogP contribution is -2.51. The maximum atomic E-state index is 16.8. The zero-order valence-electron chi connectivity index (χ0n) is 42.6. The van der Waals surface area contributed by atoms with Crippen LogP contribution in [0.3, 0.4) is 0 Å². The number of benzene rings is 4. The molecule has 0 saturated carbocycles. The van der Waals surface area contributed by atoms with E-state index in [0.717, 1.165) is 53.4 Å². The predicted molar refractivity (Wildman–Crippen MR) is 278 cm³/mol. The van der Waals surface area contributed by atoms with Gasteiger partial charge in [-0.25, -0.2) is 28.3 Å². The molecule has 6 heterocycles. The van der Waals surface area contributed by atoms with E-state index in [9.17, 15) is 24.3 Å². The van der Waals surface area contributed by atoms with Gasteiger partial charge in [0.2, 0.25) is 11.8 Å². The molecule has 0 aliphatic carbocycles. The number of likely N-dealkylation sites (tertiary alicyclic amines) is 2. The van der Waals surface area contributed by atoms with Gasteiger partial charge in [0.05, 0.1) is 53.3 Å². The zero-order chi connectivity index (χ0) is 51.9. The Bertz CT molecular complexity index is 3020. The van der Waals surface area contributed by atoms with E-state index in [4.69, 9.17) is 14.7 Å². The highest BCUT2D eigenvalue weighted by molar-refractivity contribution is 5.87. The van der Waals surface area contributed by atoms with E-state index in [-0.39, 0.29) is 53.5 Å². The molecule has 16 nitrogen and oxygen atoms in total. The molecule has 0 bridgehead atoms. The molecular weight excluding hydrogens is 947 g/mol. The van der Waals surface area contributed by atoms with Crippen LogP contribution in [-0.4, -0.2) is 104 Å². The van der Waals surface area contributed by atoms with Crippen molar-refractivity contribution in [1.82, 2.24) is 40.4 Å². The molecule has 10 rings (SSSR count). The number of anilines is 2. The van der Waals surface area contributed by atoms with Gasteiger partial charge in [0.1, 0.15) is 29.4 Å². The molecule has 18 heteroatoms. The number of nitrogens with one attached hydrogen (secondary N) is 4. The number of H-pyrrole nitrogens is 2. The van der Waals surface area contributed by atoms with Crippen molar-refractivity contribution in [1.29, 1.82) is 0 Å². The molecule has 4 saturated heterocycles. The van der Waals surface area contributed by atoms with E-state index in [2.05, 4.69) is 43.7 Å². The number of carboxylic acid groups (broad SMARTS) is 1. The van der Waals surface area contributed by atoms with Crippen molar-refractivity contribution in [2.75, 3.05) is 43.1 Å². The Morgan fingerprint density at radius 2 is 1.14 bits per heavy atom. The summed E-state index contributed by atoms with van der Waals surface area (Å²) in [5.74, 6) is -0.571. The van der Waals surface area contributed by atoms with Crippen molar-refractivity contribution in [3.05, 3.63) is 119 Å². The van der Waals surface area contributed by atoms with Crippen LogP contribution in [-0.2, 0) is 14.3 Å². The largest absolute Gasteiger partial charge is 0.465 e. The van der Waals surface area contributed by atoms with Gasteiger partial charge in [-0.2, -0.15) is 0 Å². The maximum Gasteiger partial charge on any atom is 0.407 e.